The quantitative estimate of drug-likeness (QED) is 0.776. The molecule has 0 bridgehead atoms. The van der Waals surface area contributed by atoms with Crippen LogP contribution >= 0.6 is 0 Å². The third kappa shape index (κ3) is 2.07. The molecule has 0 aliphatic heterocycles. The highest BCUT2D eigenvalue weighted by Gasteiger charge is 2.09. The molecular weight excluding hydrogens is 185 g/mol. The van der Waals surface area contributed by atoms with Gasteiger partial charge in [0.25, 0.3) is 0 Å². The van der Waals surface area contributed by atoms with Crippen LogP contribution in [0.2, 0.25) is 0 Å². The van der Waals surface area contributed by atoms with Gasteiger partial charge in [0.05, 0.1) is 18.1 Å². The Morgan fingerprint density at radius 2 is 2.29 bits per heavy atom. The Labute approximate surface area is 80.4 Å². The van der Waals surface area contributed by atoms with Gasteiger partial charge in [-0.15, -0.1) is 0 Å². The molecule has 0 amide bonds. The number of carboxylic acids is 1. The molecule has 1 aromatic rings. The highest BCUT2D eigenvalue weighted by Crippen LogP contribution is 2.15. The maximum Gasteiger partial charge on any atom is 0.307 e. The molecule has 0 saturated carbocycles. The fraction of sp³-hybridized carbons (Fsp3) is 0.200. The van der Waals surface area contributed by atoms with E-state index in [1.165, 1.54) is 13.0 Å². The highest BCUT2D eigenvalue weighted by atomic mass is 19.1. The molecule has 4 heteroatoms. The van der Waals surface area contributed by atoms with E-state index in [0.717, 1.165) is 6.07 Å². The summed E-state index contributed by atoms with van der Waals surface area (Å²) in [5.41, 5.74) is 0.768. The normalized spacial score (nSPS) is 9.50. The van der Waals surface area contributed by atoms with Crippen molar-refractivity contribution in [2.24, 2.45) is 0 Å². The van der Waals surface area contributed by atoms with Crippen molar-refractivity contribution in [3.63, 3.8) is 0 Å². The number of benzene rings is 1. The number of halogens is 1. The summed E-state index contributed by atoms with van der Waals surface area (Å²) in [6.45, 7) is 1.49. The van der Waals surface area contributed by atoms with Gasteiger partial charge in [0.15, 0.2) is 0 Å². The standard InChI is InChI=1S/C10H8FNO2/c1-6-8(4-10(13)14)2-7(5-12)3-9(6)11/h2-3H,4H2,1H3,(H,13,14). The first-order valence-corrected chi connectivity index (χ1v) is 3.95. The first-order valence-electron chi connectivity index (χ1n) is 3.95. The minimum atomic E-state index is -1.04. The van der Waals surface area contributed by atoms with E-state index in [-0.39, 0.29) is 17.5 Å². The SMILES string of the molecule is Cc1c(F)cc(C#N)cc1CC(=O)O. The van der Waals surface area contributed by atoms with Crippen LogP contribution in [0.3, 0.4) is 0 Å². The number of rotatable bonds is 2. The number of nitrogens with zero attached hydrogens (tertiary/aromatic N) is 1. The second-order valence-electron chi connectivity index (χ2n) is 2.92. The first kappa shape index (κ1) is 10.2. The Morgan fingerprint density at radius 3 is 2.79 bits per heavy atom. The smallest absolute Gasteiger partial charge is 0.307 e. The Hall–Kier alpha value is -1.89. The zero-order chi connectivity index (χ0) is 10.7. The molecule has 1 rings (SSSR count). The van der Waals surface area contributed by atoms with E-state index in [9.17, 15) is 9.18 Å². The summed E-state index contributed by atoms with van der Waals surface area (Å²) in [6, 6.07) is 4.27. The van der Waals surface area contributed by atoms with Gasteiger partial charge in [0, 0.05) is 0 Å². The number of aliphatic carboxylic acids is 1. The van der Waals surface area contributed by atoms with Crippen molar-refractivity contribution in [1.29, 1.82) is 5.26 Å². The van der Waals surface area contributed by atoms with Crippen molar-refractivity contribution in [1.82, 2.24) is 0 Å². The minimum Gasteiger partial charge on any atom is -0.481 e. The molecule has 0 atom stereocenters. The van der Waals surface area contributed by atoms with Crippen LogP contribution in [0.4, 0.5) is 4.39 Å². The second kappa shape index (κ2) is 3.88. The maximum absolute atomic E-state index is 13.1. The van der Waals surface area contributed by atoms with Crippen molar-refractivity contribution >= 4 is 5.97 Å². The van der Waals surface area contributed by atoms with E-state index in [2.05, 4.69) is 0 Å². The molecule has 0 aliphatic carbocycles. The number of carbonyl (C=O) groups is 1. The summed E-state index contributed by atoms with van der Waals surface area (Å²) in [5, 5.41) is 17.1. The second-order valence-corrected chi connectivity index (χ2v) is 2.92. The Kier molecular flexibility index (Phi) is 2.82. The van der Waals surface area contributed by atoms with Gasteiger partial charge in [-0.05, 0) is 30.2 Å². The number of nitriles is 1. The lowest BCUT2D eigenvalue weighted by atomic mass is 10.0. The van der Waals surface area contributed by atoms with Gasteiger partial charge in [0.2, 0.25) is 0 Å². The number of hydrogen-bond acceptors (Lipinski definition) is 2. The largest absolute Gasteiger partial charge is 0.481 e. The van der Waals surface area contributed by atoms with E-state index < -0.39 is 11.8 Å². The molecule has 0 aromatic heterocycles. The van der Waals surface area contributed by atoms with Crippen molar-refractivity contribution < 1.29 is 14.3 Å². The van der Waals surface area contributed by atoms with Gasteiger partial charge < -0.3 is 5.11 Å². The monoisotopic (exact) mass is 193 g/mol. The third-order valence-corrected chi connectivity index (χ3v) is 1.92. The van der Waals surface area contributed by atoms with Crippen molar-refractivity contribution in [2.75, 3.05) is 0 Å². The van der Waals surface area contributed by atoms with E-state index in [0.29, 0.717) is 5.56 Å². The molecule has 1 N–H and O–H groups in total. The molecule has 1 aromatic carbocycles. The summed E-state index contributed by atoms with van der Waals surface area (Å²) >= 11 is 0. The van der Waals surface area contributed by atoms with Crippen LogP contribution in [0.5, 0.6) is 0 Å². The molecule has 0 saturated heterocycles. The van der Waals surface area contributed by atoms with Crippen molar-refractivity contribution in [2.45, 2.75) is 13.3 Å². The van der Waals surface area contributed by atoms with Gasteiger partial charge in [-0.2, -0.15) is 5.26 Å². The fourth-order valence-electron chi connectivity index (χ4n) is 1.15. The Balaban J connectivity index is 3.21. The average molecular weight is 193 g/mol. The van der Waals surface area contributed by atoms with Gasteiger partial charge >= 0.3 is 5.97 Å². The van der Waals surface area contributed by atoms with Crippen LogP contribution in [-0.4, -0.2) is 11.1 Å². The van der Waals surface area contributed by atoms with Gasteiger partial charge in [-0.3, -0.25) is 4.79 Å². The van der Waals surface area contributed by atoms with Crippen LogP contribution in [0.25, 0.3) is 0 Å². The third-order valence-electron chi connectivity index (χ3n) is 1.92. The zero-order valence-corrected chi connectivity index (χ0v) is 7.54. The van der Waals surface area contributed by atoms with Crippen LogP contribution in [0.15, 0.2) is 12.1 Å². The highest BCUT2D eigenvalue weighted by molar-refractivity contribution is 5.71. The summed E-state index contributed by atoms with van der Waals surface area (Å²) in [7, 11) is 0. The topological polar surface area (TPSA) is 61.1 Å². The van der Waals surface area contributed by atoms with Crippen LogP contribution in [0, 0.1) is 24.1 Å². The molecule has 0 radical (unpaired) electrons. The van der Waals surface area contributed by atoms with Gasteiger partial charge in [0.1, 0.15) is 5.82 Å². The molecule has 0 spiro atoms. The summed E-state index contributed by atoms with van der Waals surface area (Å²) in [4.78, 5) is 10.4. The number of hydrogen-bond donors (Lipinski definition) is 1. The predicted molar refractivity (Wildman–Crippen MR) is 47.2 cm³/mol. The van der Waals surface area contributed by atoms with E-state index in [1.54, 1.807) is 6.07 Å². The number of carboxylic acid groups (broad SMARTS) is 1. The van der Waals surface area contributed by atoms with Gasteiger partial charge in [-0.25, -0.2) is 4.39 Å². The lowest BCUT2D eigenvalue weighted by Gasteiger charge is -2.04. The lowest BCUT2D eigenvalue weighted by Crippen LogP contribution is -2.04. The summed E-state index contributed by atoms with van der Waals surface area (Å²) in [6.07, 6.45) is -0.266. The van der Waals surface area contributed by atoms with E-state index in [1.807, 2.05) is 0 Å². The Bertz CT molecular complexity index is 421. The van der Waals surface area contributed by atoms with Crippen LogP contribution < -0.4 is 0 Å². The maximum atomic E-state index is 13.1. The Morgan fingerprint density at radius 1 is 1.64 bits per heavy atom. The van der Waals surface area contributed by atoms with E-state index >= 15 is 0 Å². The molecule has 14 heavy (non-hydrogen) atoms. The van der Waals surface area contributed by atoms with Crippen LogP contribution in [0.1, 0.15) is 16.7 Å². The zero-order valence-electron chi connectivity index (χ0n) is 7.54. The first-order chi connectivity index (χ1) is 6.54. The summed E-state index contributed by atoms with van der Waals surface area (Å²) < 4.78 is 13.1. The van der Waals surface area contributed by atoms with Gasteiger partial charge in [-0.1, -0.05) is 0 Å². The molecule has 0 heterocycles. The minimum absolute atomic E-state index is 0.143. The molecule has 72 valence electrons. The fourth-order valence-corrected chi connectivity index (χ4v) is 1.15. The van der Waals surface area contributed by atoms with Crippen LogP contribution in [-0.2, 0) is 11.2 Å². The molecular formula is C10H8FNO2. The molecule has 3 nitrogen and oxygen atoms in total. The molecule has 0 aliphatic rings. The molecule has 0 unspecified atom stereocenters. The lowest BCUT2D eigenvalue weighted by molar-refractivity contribution is -0.136. The van der Waals surface area contributed by atoms with E-state index in [4.69, 9.17) is 10.4 Å². The predicted octanol–water partition coefficient (Wildman–Crippen LogP) is 1.63. The average Bonchev–Trinajstić information content (AvgIpc) is 2.11. The molecule has 0 fully saturated rings. The summed E-state index contributed by atoms with van der Waals surface area (Å²) in [5.74, 6) is -1.58. The van der Waals surface area contributed by atoms with Crippen molar-refractivity contribution in [3.8, 4) is 6.07 Å². The van der Waals surface area contributed by atoms with Crippen molar-refractivity contribution in [3.05, 3.63) is 34.6 Å².